The van der Waals surface area contributed by atoms with Gasteiger partial charge >= 0.3 is 0 Å². The fourth-order valence-corrected chi connectivity index (χ4v) is 22.4. The molecule has 6 aliphatic heterocycles. The number of nitrogens with zero attached hydrogens (tertiary/aromatic N) is 6. The van der Waals surface area contributed by atoms with Crippen LogP contribution in [0.1, 0.15) is 154 Å². The molecule has 39 heteroatoms. The van der Waals surface area contributed by atoms with E-state index in [0.717, 1.165) is 0 Å². The number of anilines is 3. The lowest BCUT2D eigenvalue weighted by atomic mass is 9.82. The highest BCUT2D eigenvalue weighted by molar-refractivity contribution is 7.89. The third-order valence-corrected chi connectivity index (χ3v) is 29.8. The zero-order valence-corrected chi connectivity index (χ0v) is 73.6. The molecule has 3 saturated heterocycles. The first-order valence-corrected chi connectivity index (χ1v) is 45.3. The normalized spacial score (nSPS) is 23.8. The number of nitrogens with one attached hydrogen (secondary N) is 6. The number of hydrogen-bond acceptors (Lipinski definition) is 27. The molecule has 9 aromatic rings. The molecule has 9 aliphatic rings. The van der Waals surface area contributed by atoms with Crippen molar-refractivity contribution in [1.29, 1.82) is 0 Å². The molecular formula is C87H99N15O21S3. The first-order valence-electron chi connectivity index (χ1n) is 41.0. The molecule has 3 aromatic heterocycles. The van der Waals surface area contributed by atoms with Crippen LogP contribution in [-0.2, 0) is 64.0 Å². The van der Waals surface area contributed by atoms with Crippen molar-refractivity contribution < 1.29 is 97.8 Å². The molecule has 0 saturated carbocycles. The molecular weight excluding hydrogens is 1690 g/mol. The van der Waals surface area contributed by atoms with Gasteiger partial charge in [0.1, 0.15) is 66.7 Å². The largest absolute Gasteiger partial charge is 0.491 e. The van der Waals surface area contributed by atoms with Gasteiger partial charge in [0.2, 0.25) is 34.0 Å². The lowest BCUT2D eigenvalue weighted by Crippen LogP contribution is -2.60. The van der Waals surface area contributed by atoms with Gasteiger partial charge in [0.25, 0.3) is 65.2 Å². The van der Waals surface area contributed by atoms with E-state index >= 15 is 0 Å². The van der Waals surface area contributed by atoms with Gasteiger partial charge in [-0.1, -0.05) is 36.4 Å². The third-order valence-electron chi connectivity index (χ3n) is 24.4. The maximum Gasteiger partial charge on any atom is 0.271 e. The average Bonchev–Trinajstić information content (AvgIpc) is 1.51. The number of likely N-dealkylation sites (N-methyl/N-ethyl adjacent to an activating group) is 3. The van der Waals surface area contributed by atoms with Crippen molar-refractivity contribution in [2.75, 3.05) is 117 Å². The number of nitrogen functional groups attached to an aromatic ring is 3. The number of amides is 3. The van der Waals surface area contributed by atoms with Gasteiger partial charge in [-0.25, -0.2) is 25.3 Å². The summed E-state index contributed by atoms with van der Waals surface area (Å²) >= 11 is 0. The van der Waals surface area contributed by atoms with Gasteiger partial charge in [-0.05, 0) is 173 Å². The molecule has 0 spiro atoms. The number of aromatic nitrogens is 3. The summed E-state index contributed by atoms with van der Waals surface area (Å²) in [5, 5.41) is 44.2. The fraction of sp³-hybridized carbons (Fsp3) is 0.379. The molecule has 3 amide bonds. The minimum atomic E-state index is -3.90. The second-order valence-electron chi connectivity index (χ2n) is 33.8. The summed E-state index contributed by atoms with van der Waals surface area (Å²) in [7, 11) is -5.94. The Morgan fingerprint density at radius 3 is 0.849 bits per heavy atom. The Hall–Kier alpha value is -11.7. The highest BCUT2D eigenvalue weighted by atomic mass is 32.2. The number of ether oxygens (including phenoxy) is 6. The molecule has 3 aliphatic carbocycles. The molecule has 2 unspecified atom stereocenters. The molecule has 18 rings (SSSR count). The van der Waals surface area contributed by atoms with Gasteiger partial charge in [-0.2, -0.15) is 12.9 Å². The number of hydrogen-bond donors (Lipinski definition) is 12. The molecule has 36 nitrogen and oxygen atoms in total. The van der Waals surface area contributed by atoms with Crippen LogP contribution in [0.5, 0.6) is 34.5 Å². The second-order valence-corrected chi connectivity index (χ2v) is 39.5. The van der Waals surface area contributed by atoms with Crippen LogP contribution < -0.4 is 61.6 Å². The van der Waals surface area contributed by atoms with Crippen molar-refractivity contribution in [3.8, 4) is 34.5 Å². The van der Waals surface area contributed by atoms with E-state index in [2.05, 4.69) is 30.9 Å². The lowest BCUT2D eigenvalue weighted by molar-refractivity contribution is -0.169. The number of ketones is 3. The van der Waals surface area contributed by atoms with E-state index in [-0.39, 0.29) is 135 Å². The molecule has 6 atom stereocenters. The Bertz CT molecular complexity index is 5780. The molecule has 0 radical (unpaired) electrons. The number of nitrogens with two attached hydrogens (primary N) is 3. The van der Waals surface area contributed by atoms with E-state index in [4.69, 9.17) is 45.6 Å². The number of sulfonamides is 3. The smallest absolute Gasteiger partial charge is 0.271 e. The Morgan fingerprint density at radius 1 is 0.381 bits per heavy atom. The number of benzene rings is 6. The summed E-state index contributed by atoms with van der Waals surface area (Å²) < 4.78 is 120. The number of carbonyl (C=O) groups is 6. The molecule has 666 valence electrons. The quantitative estimate of drug-likeness (QED) is 0.0499. The van der Waals surface area contributed by atoms with Crippen LogP contribution >= 0.6 is 0 Å². The lowest BCUT2D eigenvalue weighted by Gasteiger charge is -2.34. The molecule has 6 aromatic carbocycles. The summed E-state index contributed by atoms with van der Waals surface area (Å²) in [6.45, 7) is 21.4. The average molecular weight is 1790 g/mol. The summed E-state index contributed by atoms with van der Waals surface area (Å²) in [5.74, 6) is -9.56. The van der Waals surface area contributed by atoms with Gasteiger partial charge in [-0.15, -0.1) is 0 Å². The molecule has 3 fully saturated rings. The van der Waals surface area contributed by atoms with Gasteiger partial charge in [-0.3, -0.25) is 28.8 Å². The van der Waals surface area contributed by atoms with Crippen molar-refractivity contribution in [2.24, 2.45) is 0 Å². The number of Topliss-reactive ketones (excluding diaryl/α,β-unsaturated/α-hetero) is 3. The highest BCUT2D eigenvalue weighted by Gasteiger charge is 2.75. The van der Waals surface area contributed by atoms with E-state index in [1.54, 1.807) is 93.6 Å². The van der Waals surface area contributed by atoms with Crippen molar-refractivity contribution in [3.63, 3.8) is 0 Å². The van der Waals surface area contributed by atoms with Gasteiger partial charge in [0, 0.05) is 147 Å². The summed E-state index contributed by atoms with van der Waals surface area (Å²) in [6.07, 6.45) is -0.430. The number of piperazine rings is 3. The molecule has 9 heterocycles. The van der Waals surface area contributed by atoms with E-state index in [1.165, 1.54) is 67.5 Å². The maximum atomic E-state index is 14.2. The minimum absolute atomic E-state index is 0.0370. The van der Waals surface area contributed by atoms with Crippen molar-refractivity contribution >= 4 is 82.2 Å². The van der Waals surface area contributed by atoms with Crippen LogP contribution in [0.2, 0.25) is 0 Å². The maximum absolute atomic E-state index is 14.2. The predicted octanol–water partition coefficient (Wildman–Crippen LogP) is 5.06. The van der Waals surface area contributed by atoms with Crippen LogP contribution in [0.25, 0.3) is 0 Å². The van der Waals surface area contributed by atoms with Crippen molar-refractivity contribution in [3.05, 3.63) is 211 Å². The first-order chi connectivity index (χ1) is 59.4. The van der Waals surface area contributed by atoms with Crippen LogP contribution in [-0.4, -0.2) is 236 Å². The zero-order chi connectivity index (χ0) is 90.6. The van der Waals surface area contributed by atoms with Crippen molar-refractivity contribution in [1.82, 2.24) is 58.5 Å². The van der Waals surface area contributed by atoms with Crippen LogP contribution in [0.4, 0.5) is 17.1 Å². The third kappa shape index (κ3) is 13.7. The van der Waals surface area contributed by atoms with Gasteiger partial charge in [0.05, 0.1) is 35.0 Å². The van der Waals surface area contributed by atoms with Crippen LogP contribution in [0.3, 0.4) is 0 Å². The first kappa shape index (κ1) is 87.7. The number of fused-ring (bicyclic) bond motifs is 15. The Balaban J connectivity index is 0.000000139. The minimum Gasteiger partial charge on any atom is -0.491 e. The van der Waals surface area contributed by atoms with E-state index in [9.17, 15) is 69.3 Å². The monoisotopic (exact) mass is 1790 g/mol. The standard InChI is InChI=1S/3C29H33N5O7S/c3*1-16(2)40-18-8-9-19-22(15-18)41-29(37)20-6-5-7-21(30)24(20)26(35)28(19,29)32-27(36)25-17(3)14-23(31-25)42(38,39)34-12-10-33(4)11-13-34/h3*5-9,14-16,31,37H,10-13,30H2,1-4H3,(H,32,36)/t2*28-,29-;/m10./s1. The molecule has 126 heavy (non-hydrogen) atoms. The number of aromatic amines is 3. The Morgan fingerprint density at radius 2 is 0.619 bits per heavy atom. The number of carbonyl (C=O) groups excluding carboxylic acids is 6. The van der Waals surface area contributed by atoms with E-state index < -0.39 is 99.1 Å². The SMILES string of the molecule is Cc1cc(S(=O)(=O)N2CCN(C)CC2)[nH]c1C(=O)NC12C(=O)c3c(N)cccc3C1(O)Oc1cc(OC(C)C)ccc12.Cc1cc(S(=O)(=O)N2CCN(C)CC2)[nH]c1C(=O)N[C@@]12C(=O)c3c(N)cccc3[C@]1(O)Oc1cc(OC(C)C)ccc12.Cc1cc(S(=O)(=O)N2CCN(C)CC2)[nH]c1C(=O)N[C@]12C(=O)c3c(N)cccc3[C@@]1(O)Oc1cc(OC(C)C)ccc12. The molecule has 0 bridgehead atoms. The number of aryl methyl sites for hydroxylation is 3. The predicted molar refractivity (Wildman–Crippen MR) is 459 cm³/mol. The van der Waals surface area contributed by atoms with Crippen LogP contribution in [0.15, 0.2) is 142 Å². The summed E-state index contributed by atoms with van der Waals surface area (Å²) in [4.78, 5) is 98.8. The van der Waals surface area contributed by atoms with E-state index in [0.29, 0.717) is 112 Å². The Labute approximate surface area is 726 Å². The second kappa shape index (κ2) is 31.4. The fourth-order valence-electron chi connectivity index (χ4n) is 18.0. The highest BCUT2D eigenvalue weighted by Crippen LogP contribution is 2.63. The van der Waals surface area contributed by atoms with Gasteiger partial charge < -0.3 is 107 Å². The topological polar surface area (TPSA) is 502 Å². The van der Waals surface area contributed by atoms with Crippen molar-refractivity contribution in [2.45, 2.75) is 130 Å². The van der Waals surface area contributed by atoms with Gasteiger partial charge in [0.15, 0.2) is 0 Å². The number of aliphatic hydroxyl groups is 3. The summed E-state index contributed by atoms with van der Waals surface area (Å²) in [5.41, 5.74) is 14.5. The number of H-pyrrole nitrogens is 3. The van der Waals surface area contributed by atoms with Crippen LogP contribution in [0, 0.1) is 20.8 Å². The number of rotatable bonds is 18. The Kier molecular flexibility index (Phi) is 21.9. The summed E-state index contributed by atoms with van der Waals surface area (Å²) in [6, 6.07) is 32.3. The zero-order valence-electron chi connectivity index (χ0n) is 71.2. The molecule has 15 N–H and O–H groups in total. The van der Waals surface area contributed by atoms with E-state index in [1.807, 2.05) is 77.4 Å².